The van der Waals surface area contributed by atoms with Crippen LogP contribution in [0.25, 0.3) is 11.3 Å². The molecule has 1 heterocycles. The van der Waals surface area contributed by atoms with E-state index in [1.807, 2.05) is 0 Å². The van der Waals surface area contributed by atoms with Gasteiger partial charge in [0.05, 0.1) is 16.4 Å². The van der Waals surface area contributed by atoms with Gasteiger partial charge in [-0.05, 0) is 30.3 Å². The zero-order valence-corrected chi connectivity index (χ0v) is 12.1. The first kappa shape index (κ1) is 14.2. The number of nitrogens with one attached hydrogen (secondary N) is 2. The first-order chi connectivity index (χ1) is 10.6. The molecule has 2 aromatic carbocycles. The van der Waals surface area contributed by atoms with Crippen LogP contribution in [0.1, 0.15) is 10.5 Å². The minimum atomic E-state index is -0.359. The standard InChI is InChI=1S/C16H12ClN3O2/c17-11-6-2-3-7-12(11)18-16(22)14-9-13(19-20-14)10-5-1-4-8-15(10)21/h1-9,21H,(H,18,22)(H,19,20). The Kier molecular flexibility index (Phi) is 3.80. The number of aromatic hydroxyl groups is 1. The maximum Gasteiger partial charge on any atom is 0.273 e. The third kappa shape index (κ3) is 2.80. The molecule has 0 saturated heterocycles. The Bertz CT molecular complexity index is 830. The molecule has 5 nitrogen and oxygen atoms in total. The Morgan fingerprint density at radius 3 is 2.64 bits per heavy atom. The number of nitrogens with zero attached hydrogens (tertiary/aromatic N) is 1. The normalized spacial score (nSPS) is 10.4. The molecule has 3 aromatic rings. The molecule has 0 spiro atoms. The Balaban J connectivity index is 1.84. The second-order valence-electron chi connectivity index (χ2n) is 4.62. The van der Waals surface area contributed by atoms with Crippen LogP contribution < -0.4 is 5.32 Å². The monoisotopic (exact) mass is 313 g/mol. The summed E-state index contributed by atoms with van der Waals surface area (Å²) >= 11 is 6.00. The van der Waals surface area contributed by atoms with Crippen LogP contribution in [-0.4, -0.2) is 21.2 Å². The summed E-state index contributed by atoms with van der Waals surface area (Å²) in [5.41, 5.74) is 1.84. The number of rotatable bonds is 3. The van der Waals surface area contributed by atoms with Crippen molar-refractivity contribution in [3.05, 3.63) is 65.3 Å². The topological polar surface area (TPSA) is 78.0 Å². The fourth-order valence-corrected chi connectivity index (χ4v) is 2.20. The molecule has 0 atom stereocenters. The van der Waals surface area contributed by atoms with Gasteiger partial charge in [0.1, 0.15) is 11.4 Å². The first-order valence-corrected chi connectivity index (χ1v) is 6.92. The number of carbonyl (C=O) groups is 1. The predicted octanol–water partition coefficient (Wildman–Crippen LogP) is 3.69. The third-order valence-electron chi connectivity index (χ3n) is 3.12. The van der Waals surface area contributed by atoms with Crippen molar-refractivity contribution in [3.8, 4) is 17.0 Å². The lowest BCUT2D eigenvalue weighted by Crippen LogP contribution is -2.12. The van der Waals surface area contributed by atoms with Crippen molar-refractivity contribution >= 4 is 23.2 Å². The lowest BCUT2D eigenvalue weighted by Gasteiger charge is -2.04. The number of carbonyl (C=O) groups excluding carboxylic acids is 1. The number of benzene rings is 2. The number of para-hydroxylation sites is 2. The average Bonchev–Trinajstić information content (AvgIpc) is 3.00. The Labute approximate surface area is 131 Å². The van der Waals surface area contributed by atoms with Crippen molar-refractivity contribution in [3.63, 3.8) is 0 Å². The number of aromatic nitrogens is 2. The molecule has 0 fully saturated rings. The van der Waals surface area contributed by atoms with Crippen LogP contribution in [-0.2, 0) is 0 Å². The molecular formula is C16H12ClN3O2. The van der Waals surface area contributed by atoms with Crippen molar-refractivity contribution in [2.75, 3.05) is 5.32 Å². The third-order valence-corrected chi connectivity index (χ3v) is 3.45. The zero-order chi connectivity index (χ0) is 15.5. The molecule has 0 aliphatic rings. The van der Waals surface area contributed by atoms with Gasteiger partial charge in [-0.1, -0.05) is 35.9 Å². The minimum Gasteiger partial charge on any atom is -0.507 e. The van der Waals surface area contributed by atoms with E-state index >= 15 is 0 Å². The van der Waals surface area contributed by atoms with E-state index in [1.165, 1.54) is 0 Å². The van der Waals surface area contributed by atoms with Crippen LogP contribution in [0.4, 0.5) is 5.69 Å². The summed E-state index contributed by atoms with van der Waals surface area (Å²) < 4.78 is 0. The number of amides is 1. The number of H-pyrrole nitrogens is 1. The number of hydrogen-bond acceptors (Lipinski definition) is 3. The molecule has 22 heavy (non-hydrogen) atoms. The highest BCUT2D eigenvalue weighted by Crippen LogP contribution is 2.27. The summed E-state index contributed by atoms with van der Waals surface area (Å²) in [4.78, 5) is 12.2. The number of aromatic amines is 1. The van der Waals surface area contributed by atoms with Gasteiger partial charge in [-0.15, -0.1) is 0 Å². The average molecular weight is 314 g/mol. The van der Waals surface area contributed by atoms with Crippen LogP contribution in [0, 0.1) is 0 Å². The Morgan fingerprint density at radius 1 is 1.14 bits per heavy atom. The van der Waals surface area contributed by atoms with Gasteiger partial charge in [-0.25, -0.2) is 0 Å². The molecule has 0 unspecified atom stereocenters. The molecular weight excluding hydrogens is 302 g/mol. The highest BCUT2D eigenvalue weighted by Gasteiger charge is 2.14. The van der Waals surface area contributed by atoms with Crippen molar-refractivity contribution in [1.29, 1.82) is 0 Å². The summed E-state index contributed by atoms with van der Waals surface area (Å²) in [6, 6.07) is 15.3. The van der Waals surface area contributed by atoms with Gasteiger partial charge in [-0.2, -0.15) is 5.10 Å². The maximum atomic E-state index is 12.2. The zero-order valence-electron chi connectivity index (χ0n) is 11.4. The molecule has 6 heteroatoms. The highest BCUT2D eigenvalue weighted by molar-refractivity contribution is 6.33. The Morgan fingerprint density at radius 2 is 1.86 bits per heavy atom. The number of anilines is 1. The second kappa shape index (κ2) is 5.91. The van der Waals surface area contributed by atoms with E-state index in [1.54, 1.807) is 54.6 Å². The van der Waals surface area contributed by atoms with Gasteiger partial charge in [0.15, 0.2) is 0 Å². The fraction of sp³-hybridized carbons (Fsp3) is 0. The van der Waals surface area contributed by atoms with Gasteiger partial charge < -0.3 is 10.4 Å². The smallest absolute Gasteiger partial charge is 0.273 e. The van der Waals surface area contributed by atoms with Crippen molar-refractivity contribution in [2.24, 2.45) is 0 Å². The number of phenolic OH excluding ortho intramolecular Hbond substituents is 1. The van der Waals surface area contributed by atoms with E-state index in [0.717, 1.165) is 0 Å². The molecule has 1 amide bonds. The number of phenols is 1. The van der Waals surface area contributed by atoms with Gasteiger partial charge in [0.25, 0.3) is 5.91 Å². The number of hydrogen-bond donors (Lipinski definition) is 3. The molecule has 3 N–H and O–H groups in total. The largest absolute Gasteiger partial charge is 0.507 e. The van der Waals surface area contributed by atoms with E-state index < -0.39 is 0 Å². The molecule has 0 aliphatic carbocycles. The predicted molar refractivity (Wildman–Crippen MR) is 85.1 cm³/mol. The summed E-state index contributed by atoms with van der Waals surface area (Å²) in [6.07, 6.45) is 0. The highest BCUT2D eigenvalue weighted by atomic mass is 35.5. The summed E-state index contributed by atoms with van der Waals surface area (Å²) in [5.74, 6) is -0.255. The van der Waals surface area contributed by atoms with Gasteiger partial charge in [0, 0.05) is 5.56 Å². The lowest BCUT2D eigenvalue weighted by molar-refractivity contribution is 0.102. The second-order valence-corrected chi connectivity index (χ2v) is 5.03. The summed E-state index contributed by atoms with van der Waals surface area (Å²) in [7, 11) is 0. The van der Waals surface area contributed by atoms with Crippen molar-refractivity contribution in [2.45, 2.75) is 0 Å². The van der Waals surface area contributed by atoms with E-state index in [-0.39, 0.29) is 17.4 Å². The quantitative estimate of drug-likeness (QED) is 0.690. The maximum absolute atomic E-state index is 12.2. The van der Waals surface area contributed by atoms with Crippen LogP contribution >= 0.6 is 11.6 Å². The lowest BCUT2D eigenvalue weighted by atomic mass is 10.1. The molecule has 0 saturated carbocycles. The molecule has 1 aromatic heterocycles. The van der Waals surface area contributed by atoms with Crippen LogP contribution in [0.2, 0.25) is 5.02 Å². The fourth-order valence-electron chi connectivity index (χ4n) is 2.02. The van der Waals surface area contributed by atoms with Crippen LogP contribution in [0.15, 0.2) is 54.6 Å². The Hall–Kier alpha value is -2.79. The van der Waals surface area contributed by atoms with E-state index in [9.17, 15) is 9.90 Å². The van der Waals surface area contributed by atoms with Gasteiger partial charge in [-0.3, -0.25) is 9.89 Å². The molecule has 0 bridgehead atoms. The van der Waals surface area contributed by atoms with Gasteiger partial charge in [0.2, 0.25) is 0 Å². The minimum absolute atomic E-state index is 0.104. The molecule has 0 radical (unpaired) electrons. The van der Waals surface area contributed by atoms with E-state index in [0.29, 0.717) is 22.0 Å². The molecule has 110 valence electrons. The van der Waals surface area contributed by atoms with Crippen LogP contribution in [0.5, 0.6) is 5.75 Å². The van der Waals surface area contributed by atoms with Crippen molar-refractivity contribution in [1.82, 2.24) is 10.2 Å². The van der Waals surface area contributed by atoms with E-state index in [2.05, 4.69) is 15.5 Å². The number of halogens is 1. The van der Waals surface area contributed by atoms with Crippen LogP contribution in [0.3, 0.4) is 0 Å². The summed E-state index contributed by atoms with van der Waals surface area (Å²) in [5, 5.41) is 19.7. The van der Waals surface area contributed by atoms with E-state index in [4.69, 9.17) is 11.6 Å². The SMILES string of the molecule is O=C(Nc1ccccc1Cl)c1cc(-c2ccccc2O)n[nH]1. The summed E-state index contributed by atoms with van der Waals surface area (Å²) in [6.45, 7) is 0. The first-order valence-electron chi connectivity index (χ1n) is 6.55. The van der Waals surface area contributed by atoms with Gasteiger partial charge >= 0.3 is 0 Å². The van der Waals surface area contributed by atoms with Crippen molar-refractivity contribution < 1.29 is 9.90 Å². The molecule has 0 aliphatic heterocycles. The molecule has 3 rings (SSSR count).